The molecule has 0 radical (unpaired) electrons. The Hall–Kier alpha value is -1.18. The fraction of sp³-hybridized carbons (Fsp3) is 0.857. The van der Waals surface area contributed by atoms with Crippen molar-refractivity contribution >= 4 is 11.9 Å². The predicted octanol–water partition coefficient (Wildman–Crippen LogP) is -0.500. The second-order valence-electron chi connectivity index (χ2n) is 5.85. The lowest BCUT2D eigenvalue weighted by Gasteiger charge is -2.39. The average Bonchev–Trinajstić information content (AvgIpc) is 2.96. The molecule has 1 amide bonds. The van der Waals surface area contributed by atoms with Gasteiger partial charge in [0.1, 0.15) is 12.1 Å². The molecule has 0 bridgehead atoms. The Morgan fingerprint density at radius 3 is 2.52 bits per heavy atom. The minimum Gasteiger partial charge on any atom is -0.480 e. The number of nitrogens with zero attached hydrogens (tertiary/aromatic N) is 2. The summed E-state index contributed by atoms with van der Waals surface area (Å²) >= 11 is 0. The molecule has 2 saturated heterocycles. The number of amides is 1. The van der Waals surface area contributed by atoms with Gasteiger partial charge in [-0.1, -0.05) is 0 Å². The maximum atomic E-state index is 12.1. The maximum Gasteiger partial charge on any atom is 0.320 e. The van der Waals surface area contributed by atoms with Crippen molar-refractivity contribution in [2.24, 2.45) is 5.73 Å². The molecular weight excluding hydrogens is 274 g/mol. The molecule has 21 heavy (non-hydrogen) atoms. The van der Waals surface area contributed by atoms with E-state index in [1.54, 1.807) is 4.90 Å². The number of methoxy groups -OCH3 is 1. The van der Waals surface area contributed by atoms with E-state index >= 15 is 0 Å². The molecule has 2 rings (SSSR count). The van der Waals surface area contributed by atoms with Gasteiger partial charge < -0.3 is 20.5 Å². The number of carbonyl (C=O) groups is 2. The third-order valence-electron chi connectivity index (χ3n) is 4.49. The molecule has 0 spiro atoms. The number of rotatable bonds is 5. The zero-order chi connectivity index (χ0) is 15.4. The molecule has 0 aromatic carbocycles. The highest BCUT2D eigenvalue weighted by atomic mass is 16.5. The van der Waals surface area contributed by atoms with Gasteiger partial charge in [0.25, 0.3) is 0 Å². The summed E-state index contributed by atoms with van der Waals surface area (Å²) in [7, 11) is 1.53. The number of carbonyl (C=O) groups excluding carboxylic acids is 1. The number of likely N-dealkylation sites (tertiary alicyclic amines) is 2. The molecule has 0 aromatic heterocycles. The third-order valence-corrected chi connectivity index (χ3v) is 4.49. The second kappa shape index (κ2) is 7.20. The SMILES string of the molecule is COCC(N)C(=O)N1CCC(N2CCCC2C(=O)O)CC1. The van der Waals surface area contributed by atoms with Gasteiger partial charge in [-0.05, 0) is 32.2 Å². The number of ether oxygens (including phenoxy) is 1. The van der Waals surface area contributed by atoms with Gasteiger partial charge in [-0.2, -0.15) is 0 Å². The van der Waals surface area contributed by atoms with E-state index in [-0.39, 0.29) is 24.6 Å². The first-order chi connectivity index (χ1) is 10.0. The Morgan fingerprint density at radius 2 is 1.95 bits per heavy atom. The van der Waals surface area contributed by atoms with E-state index in [4.69, 9.17) is 10.5 Å². The van der Waals surface area contributed by atoms with E-state index in [1.807, 2.05) is 0 Å². The summed E-state index contributed by atoms with van der Waals surface area (Å²) in [4.78, 5) is 27.2. The molecule has 7 nitrogen and oxygen atoms in total. The normalized spacial score (nSPS) is 26.0. The number of hydrogen-bond acceptors (Lipinski definition) is 5. The summed E-state index contributed by atoms with van der Waals surface area (Å²) in [6.07, 6.45) is 3.30. The maximum absolute atomic E-state index is 12.1. The van der Waals surface area contributed by atoms with Crippen molar-refractivity contribution in [3.8, 4) is 0 Å². The summed E-state index contributed by atoms with van der Waals surface area (Å²) in [5.74, 6) is -0.806. The van der Waals surface area contributed by atoms with Crippen molar-refractivity contribution in [3.05, 3.63) is 0 Å². The van der Waals surface area contributed by atoms with Crippen molar-refractivity contribution < 1.29 is 19.4 Å². The first-order valence-electron chi connectivity index (χ1n) is 7.56. The van der Waals surface area contributed by atoms with Crippen LogP contribution in [0.2, 0.25) is 0 Å². The van der Waals surface area contributed by atoms with Crippen LogP contribution < -0.4 is 5.73 Å². The van der Waals surface area contributed by atoms with Crippen LogP contribution >= 0.6 is 0 Å². The lowest BCUT2D eigenvalue weighted by Crippen LogP contribution is -2.53. The number of piperidine rings is 1. The third kappa shape index (κ3) is 3.72. The van der Waals surface area contributed by atoms with Gasteiger partial charge in [-0.25, -0.2) is 0 Å². The fourth-order valence-corrected chi connectivity index (χ4v) is 3.39. The van der Waals surface area contributed by atoms with Crippen LogP contribution in [0.15, 0.2) is 0 Å². The standard InChI is InChI=1S/C14H25N3O4/c1-21-9-11(15)13(18)16-7-4-10(5-8-16)17-6-2-3-12(17)14(19)20/h10-12H,2-9,15H2,1H3,(H,19,20). The van der Waals surface area contributed by atoms with Crippen LogP contribution in [0.3, 0.4) is 0 Å². The minimum atomic E-state index is -0.729. The van der Waals surface area contributed by atoms with Crippen molar-refractivity contribution in [3.63, 3.8) is 0 Å². The largest absolute Gasteiger partial charge is 0.480 e. The van der Waals surface area contributed by atoms with Crippen LogP contribution in [0, 0.1) is 0 Å². The van der Waals surface area contributed by atoms with E-state index < -0.39 is 12.0 Å². The van der Waals surface area contributed by atoms with Crippen molar-refractivity contribution in [2.45, 2.75) is 43.8 Å². The molecule has 0 aromatic rings. The summed E-state index contributed by atoms with van der Waals surface area (Å²) in [5.41, 5.74) is 5.77. The zero-order valence-corrected chi connectivity index (χ0v) is 12.5. The minimum absolute atomic E-state index is 0.0773. The van der Waals surface area contributed by atoms with Crippen LogP contribution in [0.5, 0.6) is 0 Å². The molecule has 3 N–H and O–H groups in total. The first kappa shape index (κ1) is 16.2. The van der Waals surface area contributed by atoms with Crippen LogP contribution in [0.4, 0.5) is 0 Å². The van der Waals surface area contributed by atoms with Gasteiger partial charge in [0.2, 0.25) is 5.91 Å². The molecule has 7 heteroatoms. The number of nitrogens with two attached hydrogens (primary N) is 1. The molecule has 0 aliphatic carbocycles. The Bertz CT molecular complexity index is 382. The van der Waals surface area contributed by atoms with Gasteiger partial charge >= 0.3 is 5.97 Å². The van der Waals surface area contributed by atoms with Crippen LogP contribution in [0.25, 0.3) is 0 Å². The van der Waals surface area contributed by atoms with E-state index in [9.17, 15) is 14.7 Å². The lowest BCUT2D eigenvalue weighted by atomic mass is 10.0. The molecule has 120 valence electrons. The first-order valence-corrected chi connectivity index (χ1v) is 7.56. The zero-order valence-electron chi connectivity index (χ0n) is 12.5. The summed E-state index contributed by atoms with van der Waals surface area (Å²) in [5, 5.41) is 9.25. The predicted molar refractivity (Wildman–Crippen MR) is 76.8 cm³/mol. The Labute approximate surface area is 125 Å². The lowest BCUT2D eigenvalue weighted by molar-refractivity contribution is -0.144. The van der Waals surface area contributed by atoms with Crippen molar-refractivity contribution in [1.82, 2.24) is 9.80 Å². The number of aliphatic carboxylic acids is 1. The number of hydrogen-bond donors (Lipinski definition) is 2. The van der Waals surface area contributed by atoms with E-state index in [0.717, 1.165) is 32.2 Å². The monoisotopic (exact) mass is 299 g/mol. The summed E-state index contributed by atoms with van der Waals surface area (Å²) in [6.45, 7) is 2.36. The van der Waals surface area contributed by atoms with E-state index in [2.05, 4.69) is 4.90 Å². The molecule has 2 aliphatic rings. The number of carboxylic acids is 1. The Balaban J connectivity index is 1.85. The van der Waals surface area contributed by atoms with Crippen molar-refractivity contribution in [1.29, 1.82) is 0 Å². The quantitative estimate of drug-likeness (QED) is 0.710. The smallest absolute Gasteiger partial charge is 0.320 e. The molecule has 2 unspecified atom stereocenters. The second-order valence-corrected chi connectivity index (χ2v) is 5.85. The summed E-state index contributed by atoms with van der Waals surface area (Å²) < 4.78 is 4.91. The molecule has 2 aliphatic heterocycles. The molecule has 2 fully saturated rings. The highest BCUT2D eigenvalue weighted by Crippen LogP contribution is 2.26. The van der Waals surface area contributed by atoms with E-state index in [1.165, 1.54) is 7.11 Å². The van der Waals surface area contributed by atoms with Gasteiger partial charge in [0.05, 0.1) is 6.61 Å². The fourth-order valence-electron chi connectivity index (χ4n) is 3.39. The molecule has 2 heterocycles. The van der Waals surface area contributed by atoms with Crippen LogP contribution in [-0.4, -0.2) is 78.3 Å². The van der Waals surface area contributed by atoms with Gasteiger partial charge in [0.15, 0.2) is 0 Å². The van der Waals surface area contributed by atoms with Gasteiger partial charge in [0, 0.05) is 26.2 Å². The summed E-state index contributed by atoms with van der Waals surface area (Å²) in [6, 6.07) is -0.700. The molecule has 0 saturated carbocycles. The van der Waals surface area contributed by atoms with E-state index in [0.29, 0.717) is 13.1 Å². The Morgan fingerprint density at radius 1 is 1.29 bits per heavy atom. The van der Waals surface area contributed by atoms with Gasteiger partial charge in [-0.3, -0.25) is 14.5 Å². The highest BCUT2D eigenvalue weighted by molar-refractivity contribution is 5.81. The average molecular weight is 299 g/mol. The van der Waals surface area contributed by atoms with Gasteiger partial charge in [-0.15, -0.1) is 0 Å². The number of carboxylic acid groups (broad SMARTS) is 1. The topological polar surface area (TPSA) is 96.1 Å². The Kier molecular flexibility index (Phi) is 5.55. The highest BCUT2D eigenvalue weighted by Gasteiger charge is 2.37. The molecule has 2 atom stereocenters. The molecular formula is C14H25N3O4. The van der Waals surface area contributed by atoms with Crippen LogP contribution in [0.1, 0.15) is 25.7 Å². The van der Waals surface area contributed by atoms with Crippen LogP contribution in [-0.2, 0) is 14.3 Å². The van der Waals surface area contributed by atoms with Crippen molar-refractivity contribution in [2.75, 3.05) is 33.4 Å².